The molecule has 0 spiro atoms. The number of ether oxygens (including phenoxy) is 1. The van der Waals surface area contributed by atoms with Gasteiger partial charge in [0.15, 0.2) is 0 Å². The van der Waals surface area contributed by atoms with Crippen molar-refractivity contribution in [1.29, 1.82) is 0 Å². The topological polar surface area (TPSA) is 67.4 Å². The van der Waals surface area contributed by atoms with Gasteiger partial charge < -0.3 is 15.4 Å². The van der Waals surface area contributed by atoms with Crippen molar-refractivity contribution in [3.63, 3.8) is 0 Å². The monoisotopic (exact) mass is 404 g/mol. The Kier molecular flexibility index (Phi) is 7.63. The van der Waals surface area contributed by atoms with Crippen LogP contribution in [-0.2, 0) is 4.74 Å². The molecule has 0 saturated carbocycles. The highest BCUT2D eigenvalue weighted by Crippen LogP contribution is 2.18. The summed E-state index contributed by atoms with van der Waals surface area (Å²) in [7, 11) is 0. The Morgan fingerprint density at radius 2 is 1.88 bits per heavy atom. The molecule has 2 rings (SSSR count). The first kappa shape index (κ1) is 19.1. The van der Waals surface area contributed by atoms with Crippen LogP contribution in [0, 0.1) is 0 Å². The normalized spacial score (nSPS) is 10.3. The van der Waals surface area contributed by atoms with E-state index in [0.29, 0.717) is 36.6 Å². The fraction of sp³-hybridized carbons (Fsp3) is 0.263. The van der Waals surface area contributed by atoms with E-state index in [1.807, 2.05) is 13.0 Å². The predicted molar refractivity (Wildman–Crippen MR) is 102 cm³/mol. The molecule has 2 aromatic rings. The summed E-state index contributed by atoms with van der Waals surface area (Å²) in [6.07, 6.45) is 0.742. The van der Waals surface area contributed by atoms with Crippen molar-refractivity contribution in [2.24, 2.45) is 0 Å². The number of hydrogen-bond donors (Lipinski definition) is 2. The number of amides is 2. The Hall–Kier alpha value is -2.18. The van der Waals surface area contributed by atoms with E-state index in [1.54, 1.807) is 42.5 Å². The summed E-state index contributed by atoms with van der Waals surface area (Å²) in [5.74, 6) is -0.487. The highest BCUT2D eigenvalue weighted by atomic mass is 79.9. The number of hydrogen-bond acceptors (Lipinski definition) is 3. The van der Waals surface area contributed by atoms with Crippen LogP contribution < -0.4 is 10.6 Å². The number of nitrogens with one attached hydrogen (secondary N) is 2. The standard InChI is InChI=1S/C19H21BrN2O3/c1-2-25-12-6-11-21-19(24)16-9-3-4-10-17(16)22-18(23)14-7-5-8-15(20)13-14/h3-5,7-10,13H,2,6,11-12H2,1H3,(H,21,24)(H,22,23). The molecule has 0 saturated heterocycles. The lowest BCUT2D eigenvalue weighted by molar-refractivity contribution is 0.0945. The van der Waals surface area contributed by atoms with Crippen molar-refractivity contribution in [3.8, 4) is 0 Å². The summed E-state index contributed by atoms with van der Waals surface area (Å²) >= 11 is 3.35. The van der Waals surface area contributed by atoms with E-state index in [9.17, 15) is 9.59 Å². The summed E-state index contributed by atoms with van der Waals surface area (Å²) < 4.78 is 6.06. The van der Waals surface area contributed by atoms with E-state index >= 15 is 0 Å². The van der Waals surface area contributed by atoms with Crippen molar-refractivity contribution in [2.45, 2.75) is 13.3 Å². The lowest BCUT2D eigenvalue weighted by Gasteiger charge is -2.11. The molecule has 2 N–H and O–H groups in total. The number of halogens is 1. The number of para-hydroxylation sites is 1. The lowest BCUT2D eigenvalue weighted by atomic mass is 10.1. The molecule has 2 aromatic carbocycles. The fourth-order valence-electron chi connectivity index (χ4n) is 2.23. The number of benzene rings is 2. The van der Waals surface area contributed by atoms with Crippen LogP contribution in [0.1, 0.15) is 34.1 Å². The smallest absolute Gasteiger partial charge is 0.255 e. The van der Waals surface area contributed by atoms with Gasteiger partial charge >= 0.3 is 0 Å². The SMILES string of the molecule is CCOCCCNC(=O)c1ccccc1NC(=O)c1cccc(Br)c1. The van der Waals surface area contributed by atoms with Gasteiger partial charge in [0.25, 0.3) is 11.8 Å². The Morgan fingerprint density at radius 1 is 1.08 bits per heavy atom. The summed E-state index contributed by atoms with van der Waals surface area (Å²) in [4.78, 5) is 24.8. The predicted octanol–water partition coefficient (Wildman–Crippen LogP) is 3.86. The second kappa shape index (κ2) is 9.96. The fourth-order valence-corrected chi connectivity index (χ4v) is 2.63. The molecule has 0 aliphatic heterocycles. The van der Waals surface area contributed by atoms with E-state index in [2.05, 4.69) is 26.6 Å². The van der Waals surface area contributed by atoms with E-state index in [0.717, 1.165) is 10.9 Å². The first-order valence-corrected chi connectivity index (χ1v) is 8.93. The average Bonchev–Trinajstić information content (AvgIpc) is 2.62. The van der Waals surface area contributed by atoms with Gasteiger partial charge in [0.05, 0.1) is 11.3 Å². The average molecular weight is 405 g/mol. The molecule has 0 aliphatic rings. The number of anilines is 1. The van der Waals surface area contributed by atoms with Gasteiger partial charge in [-0.15, -0.1) is 0 Å². The Labute approximate surface area is 155 Å². The summed E-state index contributed by atoms with van der Waals surface area (Å²) in [5, 5.41) is 5.64. The van der Waals surface area contributed by atoms with Crippen LogP contribution in [0.15, 0.2) is 53.0 Å². The largest absolute Gasteiger partial charge is 0.382 e. The quantitative estimate of drug-likeness (QED) is 0.656. The number of carbonyl (C=O) groups excluding carboxylic acids is 2. The van der Waals surface area contributed by atoms with Gasteiger partial charge in [-0.2, -0.15) is 0 Å². The molecule has 0 heterocycles. The van der Waals surface area contributed by atoms with Gasteiger partial charge in [0, 0.05) is 29.8 Å². The van der Waals surface area contributed by atoms with E-state index in [4.69, 9.17) is 4.74 Å². The van der Waals surface area contributed by atoms with Crippen molar-refractivity contribution in [3.05, 3.63) is 64.1 Å². The van der Waals surface area contributed by atoms with Crippen molar-refractivity contribution < 1.29 is 14.3 Å². The van der Waals surface area contributed by atoms with Crippen molar-refractivity contribution in [2.75, 3.05) is 25.1 Å². The number of carbonyl (C=O) groups is 2. The van der Waals surface area contributed by atoms with Gasteiger partial charge in [-0.25, -0.2) is 0 Å². The highest BCUT2D eigenvalue weighted by molar-refractivity contribution is 9.10. The van der Waals surface area contributed by atoms with Gasteiger partial charge in [0.2, 0.25) is 0 Å². The first-order valence-electron chi connectivity index (χ1n) is 8.13. The van der Waals surface area contributed by atoms with Gasteiger partial charge in [-0.3, -0.25) is 9.59 Å². The molecule has 0 bridgehead atoms. The highest BCUT2D eigenvalue weighted by Gasteiger charge is 2.13. The van der Waals surface area contributed by atoms with Crippen LogP contribution in [0.3, 0.4) is 0 Å². The van der Waals surface area contributed by atoms with E-state index in [1.165, 1.54) is 0 Å². The second-order valence-corrected chi connectivity index (χ2v) is 6.23. The molecule has 0 fully saturated rings. The molecular weight excluding hydrogens is 384 g/mol. The Morgan fingerprint density at radius 3 is 2.64 bits per heavy atom. The molecule has 0 aromatic heterocycles. The molecule has 25 heavy (non-hydrogen) atoms. The third kappa shape index (κ3) is 5.99. The minimum Gasteiger partial charge on any atom is -0.382 e. The van der Waals surface area contributed by atoms with Crippen LogP contribution in [0.2, 0.25) is 0 Å². The van der Waals surface area contributed by atoms with Crippen LogP contribution in [-0.4, -0.2) is 31.6 Å². The van der Waals surface area contributed by atoms with Gasteiger partial charge in [-0.1, -0.05) is 34.1 Å². The Balaban J connectivity index is 2.02. The van der Waals surface area contributed by atoms with E-state index in [-0.39, 0.29) is 11.8 Å². The van der Waals surface area contributed by atoms with Gasteiger partial charge in [0.1, 0.15) is 0 Å². The zero-order chi connectivity index (χ0) is 18.1. The zero-order valence-electron chi connectivity index (χ0n) is 14.0. The lowest BCUT2D eigenvalue weighted by Crippen LogP contribution is -2.26. The molecule has 5 nitrogen and oxygen atoms in total. The van der Waals surface area contributed by atoms with Gasteiger partial charge in [-0.05, 0) is 43.7 Å². The molecule has 0 aliphatic carbocycles. The number of rotatable bonds is 8. The van der Waals surface area contributed by atoms with Crippen molar-refractivity contribution >= 4 is 33.4 Å². The summed E-state index contributed by atoms with van der Waals surface area (Å²) in [5.41, 5.74) is 1.43. The Bertz CT molecular complexity index is 734. The van der Waals surface area contributed by atoms with Crippen molar-refractivity contribution in [1.82, 2.24) is 5.32 Å². The van der Waals surface area contributed by atoms with E-state index < -0.39 is 0 Å². The molecule has 2 amide bonds. The third-order valence-corrected chi connectivity index (χ3v) is 3.96. The molecule has 6 heteroatoms. The first-order chi connectivity index (χ1) is 12.1. The molecule has 132 valence electrons. The second-order valence-electron chi connectivity index (χ2n) is 5.32. The van der Waals surface area contributed by atoms with Crippen LogP contribution in [0.25, 0.3) is 0 Å². The molecular formula is C19H21BrN2O3. The molecule has 0 radical (unpaired) electrons. The maximum Gasteiger partial charge on any atom is 0.255 e. The van der Waals surface area contributed by atoms with Crippen LogP contribution >= 0.6 is 15.9 Å². The minimum absolute atomic E-state index is 0.221. The maximum atomic E-state index is 12.4. The maximum absolute atomic E-state index is 12.4. The summed E-state index contributed by atoms with van der Waals surface area (Å²) in [6, 6.07) is 14.0. The van der Waals surface area contributed by atoms with Crippen LogP contribution in [0.4, 0.5) is 5.69 Å². The third-order valence-electron chi connectivity index (χ3n) is 3.46. The minimum atomic E-state index is -0.266. The molecule has 0 atom stereocenters. The van der Waals surface area contributed by atoms with Crippen LogP contribution in [0.5, 0.6) is 0 Å². The molecule has 0 unspecified atom stereocenters. The summed E-state index contributed by atoms with van der Waals surface area (Å²) in [6.45, 7) is 3.73. The zero-order valence-corrected chi connectivity index (χ0v) is 15.6.